The van der Waals surface area contributed by atoms with Gasteiger partial charge in [0.25, 0.3) is 0 Å². The summed E-state index contributed by atoms with van der Waals surface area (Å²) in [6.07, 6.45) is 1.59. The number of aryl methyl sites for hydroxylation is 3. The first-order chi connectivity index (χ1) is 12.9. The van der Waals surface area contributed by atoms with Crippen molar-refractivity contribution < 1.29 is 0 Å². The van der Waals surface area contributed by atoms with Crippen LogP contribution in [0.25, 0.3) is 21.3 Å². The highest BCUT2D eigenvalue weighted by atomic mass is 35.5. The van der Waals surface area contributed by atoms with E-state index in [1.54, 1.807) is 29.8 Å². The maximum atomic E-state index is 6.16. The summed E-state index contributed by atoms with van der Waals surface area (Å²) in [5, 5.41) is 5.43. The first-order valence-electron chi connectivity index (χ1n) is 8.48. The number of rotatable bonds is 3. The lowest BCUT2D eigenvalue weighted by Gasteiger charge is -2.11. The summed E-state index contributed by atoms with van der Waals surface area (Å²) in [4.78, 5) is 11.2. The summed E-state index contributed by atoms with van der Waals surface area (Å²) in [6, 6.07) is 12.0. The van der Waals surface area contributed by atoms with Crippen molar-refractivity contribution in [1.29, 1.82) is 0 Å². The second-order valence-electron chi connectivity index (χ2n) is 6.49. The van der Waals surface area contributed by atoms with E-state index in [0.717, 1.165) is 21.7 Å². The van der Waals surface area contributed by atoms with Crippen molar-refractivity contribution >= 4 is 56.3 Å². The summed E-state index contributed by atoms with van der Waals surface area (Å²) >= 11 is 13.9. The fourth-order valence-corrected chi connectivity index (χ4v) is 4.40. The monoisotopic (exact) mass is 413 g/mol. The van der Waals surface area contributed by atoms with Crippen LogP contribution in [-0.4, -0.2) is 9.97 Å². The van der Waals surface area contributed by atoms with E-state index in [2.05, 4.69) is 54.3 Å². The van der Waals surface area contributed by atoms with Crippen LogP contribution in [0.4, 0.5) is 11.5 Å². The van der Waals surface area contributed by atoms with Crippen molar-refractivity contribution in [1.82, 2.24) is 9.97 Å². The predicted octanol–water partition coefficient (Wildman–Crippen LogP) is 7.33. The number of nitrogens with one attached hydrogen (secondary N) is 1. The molecule has 2 heterocycles. The van der Waals surface area contributed by atoms with Crippen LogP contribution < -0.4 is 5.32 Å². The first kappa shape index (κ1) is 18.2. The van der Waals surface area contributed by atoms with E-state index in [9.17, 15) is 0 Å². The van der Waals surface area contributed by atoms with Crippen molar-refractivity contribution in [3.63, 3.8) is 0 Å². The van der Waals surface area contributed by atoms with Crippen LogP contribution in [0.15, 0.2) is 42.7 Å². The number of hydrogen-bond acceptors (Lipinski definition) is 4. The summed E-state index contributed by atoms with van der Waals surface area (Å²) < 4.78 is 0. The topological polar surface area (TPSA) is 37.8 Å². The molecular formula is C21H17Cl2N3S. The van der Waals surface area contributed by atoms with Gasteiger partial charge in [-0.1, -0.05) is 41.4 Å². The average Bonchev–Trinajstić information content (AvgIpc) is 2.97. The Morgan fingerprint density at radius 2 is 1.70 bits per heavy atom. The fraction of sp³-hybridized carbons (Fsp3) is 0.143. The quantitative estimate of drug-likeness (QED) is 0.381. The van der Waals surface area contributed by atoms with Crippen LogP contribution >= 0.6 is 34.5 Å². The Bertz CT molecular complexity index is 1170. The molecule has 27 heavy (non-hydrogen) atoms. The molecule has 0 unspecified atom stereocenters. The van der Waals surface area contributed by atoms with Crippen LogP contribution in [0.3, 0.4) is 0 Å². The maximum absolute atomic E-state index is 6.16. The smallest absolute Gasteiger partial charge is 0.143 e. The Labute approximate surface area is 172 Å². The van der Waals surface area contributed by atoms with Gasteiger partial charge in [0.05, 0.1) is 15.4 Å². The number of nitrogens with zero attached hydrogens (tertiary/aromatic N) is 2. The number of thiophene rings is 1. The van der Waals surface area contributed by atoms with Crippen LogP contribution in [0.2, 0.25) is 10.0 Å². The predicted molar refractivity (Wildman–Crippen MR) is 117 cm³/mol. The molecular weight excluding hydrogens is 397 g/mol. The van der Waals surface area contributed by atoms with Crippen LogP contribution in [0, 0.1) is 20.8 Å². The summed E-state index contributed by atoms with van der Waals surface area (Å²) in [7, 11) is 0. The highest BCUT2D eigenvalue weighted by molar-refractivity contribution is 7.19. The average molecular weight is 414 g/mol. The molecule has 1 N–H and O–H groups in total. The summed E-state index contributed by atoms with van der Waals surface area (Å²) in [5.41, 5.74) is 5.72. The Morgan fingerprint density at radius 1 is 0.889 bits per heavy atom. The molecule has 4 aromatic rings. The molecule has 3 nitrogen and oxygen atoms in total. The lowest BCUT2D eigenvalue weighted by Crippen LogP contribution is -1.96. The van der Waals surface area contributed by atoms with Gasteiger partial charge < -0.3 is 5.32 Å². The van der Waals surface area contributed by atoms with E-state index >= 15 is 0 Å². The molecule has 136 valence electrons. The van der Waals surface area contributed by atoms with Crippen LogP contribution in [0.1, 0.15) is 16.0 Å². The molecule has 0 bridgehead atoms. The van der Waals surface area contributed by atoms with E-state index in [1.807, 2.05) is 6.07 Å². The normalized spacial score (nSPS) is 11.1. The molecule has 0 aliphatic rings. The van der Waals surface area contributed by atoms with Gasteiger partial charge in [0, 0.05) is 16.1 Å². The molecule has 0 fully saturated rings. The van der Waals surface area contributed by atoms with E-state index in [1.165, 1.54) is 27.1 Å². The summed E-state index contributed by atoms with van der Waals surface area (Å²) in [5.74, 6) is 0.760. The third-order valence-electron chi connectivity index (χ3n) is 4.64. The number of aromatic nitrogens is 2. The van der Waals surface area contributed by atoms with Gasteiger partial charge in [-0.05, 0) is 55.7 Å². The lowest BCUT2D eigenvalue weighted by molar-refractivity contribution is 1.23. The van der Waals surface area contributed by atoms with Crippen LogP contribution in [0.5, 0.6) is 0 Å². The molecule has 0 radical (unpaired) electrons. The van der Waals surface area contributed by atoms with Crippen molar-refractivity contribution in [2.45, 2.75) is 20.8 Å². The number of benzene rings is 2. The van der Waals surface area contributed by atoms with Gasteiger partial charge in [0.15, 0.2) is 0 Å². The molecule has 2 aromatic heterocycles. The summed E-state index contributed by atoms with van der Waals surface area (Å²) in [6.45, 7) is 6.38. The van der Waals surface area contributed by atoms with Gasteiger partial charge in [0.1, 0.15) is 17.0 Å². The lowest BCUT2D eigenvalue weighted by atomic mass is 9.99. The molecule has 6 heteroatoms. The molecule has 0 saturated carbocycles. The number of fused-ring (bicyclic) bond motifs is 1. The molecule has 0 aliphatic carbocycles. The van der Waals surface area contributed by atoms with Gasteiger partial charge in [-0.25, -0.2) is 9.97 Å². The molecule has 0 amide bonds. The zero-order valence-corrected chi connectivity index (χ0v) is 17.4. The van der Waals surface area contributed by atoms with E-state index in [-0.39, 0.29) is 0 Å². The standard InChI is InChI=1S/C21H17Cl2N3S/c1-11-4-5-14(8-12(11)2)18-13(3)27-21-19(18)20(24-10-25-21)26-15-6-7-16(22)17(23)9-15/h4-10H,1-3H3,(H,24,25,26). The molecule has 0 spiro atoms. The number of anilines is 2. The Morgan fingerprint density at radius 3 is 2.44 bits per heavy atom. The minimum absolute atomic E-state index is 0.503. The van der Waals surface area contributed by atoms with Crippen molar-refractivity contribution in [2.24, 2.45) is 0 Å². The van der Waals surface area contributed by atoms with Gasteiger partial charge in [-0.3, -0.25) is 0 Å². The second-order valence-corrected chi connectivity index (χ2v) is 8.51. The fourth-order valence-electron chi connectivity index (χ4n) is 3.09. The Balaban J connectivity index is 1.89. The third kappa shape index (κ3) is 3.41. The molecule has 0 saturated heterocycles. The number of hydrogen-bond donors (Lipinski definition) is 1. The van der Waals surface area contributed by atoms with Gasteiger partial charge in [0.2, 0.25) is 0 Å². The Kier molecular flexibility index (Phi) is 4.81. The van der Waals surface area contributed by atoms with Crippen molar-refractivity contribution in [2.75, 3.05) is 5.32 Å². The SMILES string of the molecule is Cc1ccc(-c2c(C)sc3ncnc(Nc4ccc(Cl)c(Cl)c4)c23)cc1C. The van der Waals surface area contributed by atoms with E-state index in [4.69, 9.17) is 23.2 Å². The molecule has 0 atom stereocenters. The van der Waals surface area contributed by atoms with Gasteiger partial charge in [-0.15, -0.1) is 11.3 Å². The minimum Gasteiger partial charge on any atom is -0.340 e. The van der Waals surface area contributed by atoms with E-state index in [0.29, 0.717) is 10.0 Å². The molecule has 0 aliphatic heterocycles. The zero-order chi connectivity index (χ0) is 19.1. The Hall–Kier alpha value is -2.14. The van der Waals surface area contributed by atoms with Crippen LogP contribution in [-0.2, 0) is 0 Å². The number of halogens is 2. The molecule has 4 rings (SSSR count). The highest BCUT2D eigenvalue weighted by Crippen LogP contribution is 2.41. The van der Waals surface area contributed by atoms with Gasteiger partial charge >= 0.3 is 0 Å². The minimum atomic E-state index is 0.503. The van der Waals surface area contributed by atoms with Crippen molar-refractivity contribution in [3.05, 3.63) is 68.8 Å². The largest absolute Gasteiger partial charge is 0.340 e. The third-order valence-corrected chi connectivity index (χ3v) is 6.39. The first-order valence-corrected chi connectivity index (χ1v) is 10.0. The second kappa shape index (κ2) is 7.12. The molecule has 2 aromatic carbocycles. The maximum Gasteiger partial charge on any atom is 0.143 e. The van der Waals surface area contributed by atoms with E-state index < -0.39 is 0 Å². The van der Waals surface area contributed by atoms with Gasteiger partial charge in [-0.2, -0.15) is 0 Å². The zero-order valence-electron chi connectivity index (χ0n) is 15.1. The van der Waals surface area contributed by atoms with Crippen molar-refractivity contribution in [3.8, 4) is 11.1 Å². The highest BCUT2D eigenvalue weighted by Gasteiger charge is 2.17.